The summed E-state index contributed by atoms with van der Waals surface area (Å²) < 4.78 is 0.969. The zero-order chi connectivity index (χ0) is 5.98. The summed E-state index contributed by atoms with van der Waals surface area (Å²) in [6.45, 7) is 3.26. The van der Waals surface area contributed by atoms with E-state index in [1.807, 2.05) is 0 Å². The van der Waals surface area contributed by atoms with E-state index in [1.54, 1.807) is 11.8 Å². The van der Waals surface area contributed by atoms with Gasteiger partial charge in [-0.05, 0) is 6.42 Å². The van der Waals surface area contributed by atoms with Crippen LogP contribution < -0.4 is 5.32 Å². The van der Waals surface area contributed by atoms with Gasteiger partial charge >= 0.3 is 0 Å². The van der Waals surface area contributed by atoms with E-state index >= 15 is 0 Å². The van der Waals surface area contributed by atoms with Crippen molar-refractivity contribution in [3.8, 4) is 0 Å². The van der Waals surface area contributed by atoms with E-state index in [-0.39, 0.29) is 0 Å². The molecule has 8 heavy (non-hydrogen) atoms. The normalized spacial score (nSPS) is 28.1. The molecule has 0 saturated carbocycles. The van der Waals surface area contributed by atoms with Gasteiger partial charge in [0.1, 0.15) is 4.32 Å². The van der Waals surface area contributed by atoms with Gasteiger partial charge in [-0.3, -0.25) is 0 Å². The number of thiocarbonyl (C=S) groups is 1. The monoisotopic (exact) mass is 147 g/mol. The topological polar surface area (TPSA) is 12.0 Å². The van der Waals surface area contributed by atoms with Gasteiger partial charge in [0.05, 0.1) is 0 Å². The number of hydrogen-bond acceptors (Lipinski definition) is 2. The molecule has 1 N–H and O–H groups in total. The van der Waals surface area contributed by atoms with Crippen LogP contribution in [0.4, 0.5) is 0 Å². The molecular formula is C5H9NS2. The summed E-state index contributed by atoms with van der Waals surface area (Å²) in [6.07, 6.45) is 1.22. The highest BCUT2D eigenvalue weighted by Gasteiger charge is 2.16. The Balaban J connectivity index is 2.32. The standard InChI is InChI=1S/C5H9NS2/c1-2-4-3-6-5(7)8-4/h4H,2-3H2,1H3,(H,6,7). The molecule has 1 nitrogen and oxygen atoms in total. The maximum atomic E-state index is 4.91. The molecule has 0 aliphatic carbocycles. The number of thioether (sulfide) groups is 1. The van der Waals surface area contributed by atoms with E-state index in [9.17, 15) is 0 Å². The molecule has 1 fully saturated rings. The maximum Gasteiger partial charge on any atom is 0.134 e. The van der Waals surface area contributed by atoms with Gasteiger partial charge in [0.25, 0.3) is 0 Å². The van der Waals surface area contributed by atoms with E-state index in [0.29, 0.717) is 0 Å². The van der Waals surface area contributed by atoms with Gasteiger partial charge in [0, 0.05) is 11.8 Å². The van der Waals surface area contributed by atoms with Gasteiger partial charge in [-0.25, -0.2) is 0 Å². The first-order valence-electron chi connectivity index (χ1n) is 2.77. The zero-order valence-electron chi connectivity index (χ0n) is 4.81. The molecule has 46 valence electrons. The Kier molecular flexibility index (Phi) is 2.14. The quantitative estimate of drug-likeness (QED) is 0.563. The molecule has 1 saturated heterocycles. The molecule has 0 radical (unpaired) electrons. The van der Waals surface area contributed by atoms with Crippen molar-refractivity contribution in [1.82, 2.24) is 5.32 Å². The predicted molar refractivity (Wildman–Crippen MR) is 42.3 cm³/mol. The average Bonchev–Trinajstić information content (AvgIpc) is 2.14. The smallest absolute Gasteiger partial charge is 0.134 e. The van der Waals surface area contributed by atoms with Crippen molar-refractivity contribution < 1.29 is 0 Å². The van der Waals surface area contributed by atoms with Crippen molar-refractivity contribution in [2.75, 3.05) is 6.54 Å². The molecule has 0 amide bonds. The largest absolute Gasteiger partial charge is 0.370 e. The summed E-state index contributed by atoms with van der Waals surface area (Å²) in [5.74, 6) is 0. The van der Waals surface area contributed by atoms with Crippen LogP contribution in [0.25, 0.3) is 0 Å². The minimum Gasteiger partial charge on any atom is -0.370 e. The Morgan fingerprint density at radius 3 is 3.00 bits per heavy atom. The Hall–Kier alpha value is 0.240. The maximum absolute atomic E-state index is 4.91. The minimum absolute atomic E-state index is 0.738. The lowest BCUT2D eigenvalue weighted by molar-refractivity contribution is 0.801. The summed E-state index contributed by atoms with van der Waals surface area (Å²) in [4.78, 5) is 0. The van der Waals surface area contributed by atoms with Crippen molar-refractivity contribution in [3.05, 3.63) is 0 Å². The summed E-state index contributed by atoms with van der Waals surface area (Å²) in [5.41, 5.74) is 0. The Morgan fingerprint density at radius 1 is 2.00 bits per heavy atom. The fourth-order valence-electron chi connectivity index (χ4n) is 0.660. The third kappa shape index (κ3) is 1.36. The summed E-state index contributed by atoms with van der Waals surface area (Å²) in [5, 5.41) is 3.85. The second kappa shape index (κ2) is 2.69. The molecule has 1 aliphatic heterocycles. The molecule has 3 heteroatoms. The van der Waals surface area contributed by atoms with Crippen molar-refractivity contribution in [1.29, 1.82) is 0 Å². The molecule has 1 heterocycles. The Labute approximate surface area is 59.2 Å². The van der Waals surface area contributed by atoms with Gasteiger partial charge in [-0.1, -0.05) is 30.9 Å². The van der Waals surface area contributed by atoms with E-state index in [4.69, 9.17) is 12.2 Å². The lowest BCUT2D eigenvalue weighted by Gasteiger charge is -1.96. The predicted octanol–water partition coefficient (Wildman–Crippen LogP) is 1.39. The van der Waals surface area contributed by atoms with E-state index in [2.05, 4.69) is 12.2 Å². The third-order valence-corrected chi connectivity index (χ3v) is 2.83. The third-order valence-electron chi connectivity index (χ3n) is 1.20. The van der Waals surface area contributed by atoms with Crippen molar-refractivity contribution in [3.63, 3.8) is 0 Å². The van der Waals surface area contributed by atoms with Crippen LogP contribution in [0, 0.1) is 0 Å². The van der Waals surface area contributed by atoms with Crippen LogP contribution in [0.15, 0.2) is 0 Å². The number of rotatable bonds is 1. The van der Waals surface area contributed by atoms with Gasteiger partial charge in [-0.15, -0.1) is 0 Å². The highest BCUT2D eigenvalue weighted by atomic mass is 32.2. The molecule has 1 atom stereocenters. The summed E-state index contributed by atoms with van der Waals surface area (Å²) in [7, 11) is 0. The lowest BCUT2D eigenvalue weighted by Crippen LogP contribution is -2.13. The molecule has 0 spiro atoms. The molecule has 1 unspecified atom stereocenters. The van der Waals surface area contributed by atoms with Crippen LogP contribution in [0.1, 0.15) is 13.3 Å². The van der Waals surface area contributed by atoms with E-state index in [1.165, 1.54) is 6.42 Å². The first-order valence-corrected chi connectivity index (χ1v) is 4.06. The average molecular weight is 147 g/mol. The first kappa shape index (κ1) is 6.36. The van der Waals surface area contributed by atoms with E-state index in [0.717, 1.165) is 16.1 Å². The van der Waals surface area contributed by atoms with Gasteiger partial charge in [-0.2, -0.15) is 0 Å². The lowest BCUT2D eigenvalue weighted by atomic mass is 10.3. The minimum atomic E-state index is 0.738. The molecule has 0 aromatic rings. The van der Waals surface area contributed by atoms with Crippen LogP contribution in [-0.2, 0) is 0 Å². The van der Waals surface area contributed by atoms with Crippen LogP contribution in [-0.4, -0.2) is 16.1 Å². The van der Waals surface area contributed by atoms with Crippen molar-refractivity contribution in [2.45, 2.75) is 18.6 Å². The van der Waals surface area contributed by atoms with Gasteiger partial charge in [0.2, 0.25) is 0 Å². The second-order valence-electron chi connectivity index (χ2n) is 1.82. The van der Waals surface area contributed by atoms with Crippen LogP contribution in [0.5, 0.6) is 0 Å². The zero-order valence-corrected chi connectivity index (χ0v) is 6.44. The second-order valence-corrected chi connectivity index (χ2v) is 3.79. The van der Waals surface area contributed by atoms with Gasteiger partial charge < -0.3 is 5.32 Å². The van der Waals surface area contributed by atoms with Crippen LogP contribution in [0.3, 0.4) is 0 Å². The molecule has 0 aromatic heterocycles. The molecular weight excluding hydrogens is 138 g/mol. The van der Waals surface area contributed by atoms with E-state index < -0.39 is 0 Å². The van der Waals surface area contributed by atoms with Crippen LogP contribution in [0.2, 0.25) is 0 Å². The summed E-state index contributed by atoms with van der Waals surface area (Å²) in [6, 6.07) is 0. The first-order chi connectivity index (χ1) is 3.83. The molecule has 1 rings (SSSR count). The van der Waals surface area contributed by atoms with Crippen molar-refractivity contribution >= 4 is 28.3 Å². The molecule has 0 bridgehead atoms. The Bertz CT molecular complexity index is 103. The molecule has 1 aliphatic rings. The molecule has 0 aromatic carbocycles. The Morgan fingerprint density at radius 2 is 2.75 bits per heavy atom. The highest BCUT2D eigenvalue weighted by Crippen LogP contribution is 2.19. The number of hydrogen-bond donors (Lipinski definition) is 1. The van der Waals surface area contributed by atoms with Gasteiger partial charge in [0.15, 0.2) is 0 Å². The summed E-state index contributed by atoms with van der Waals surface area (Å²) >= 11 is 6.70. The number of nitrogens with one attached hydrogen (secondary N) is 1. The highest BCUT2D eigenvalue weighted by molar-refractivity contribution is 8.23. The fourth-order valence-corrected chi connectivity index (χ4v) is 1.95. The van der Waals surface area contributed by atoms with Crippen molar-refractivity contribution in [2.24, 2.45) is 0 Å². The fraction of sp³-hybridized carbons (Fsp3) is 0.800. The van der Waals surface area contributed by atoms with Crippen LogP contribution >= 0.6 is 24.0 Å². The SMILES string of the molecule is CCC1CNC(=S)S1.